The predicted molar refractivity (Wildman–Crippen MR) is 81.6 cm³/mol. The zero-order valence-electron chi connectivity index (χ0n) is 12.3. The summed E-state index contributed by atoms with van der Waals surface area (Å²) in [5.74, 6) is 1.83. The Kier molecular flexibility index (Phi) is 3.30. The SMILES string of the molecule is COc1ccc2ccc(OC)c(C3(C)CCCN3)c2c1. The fourth-order valence-electron chi connectivity index (χ4n) is 3.25. The molecule has 0 bridgehead atoms. The quantitative estimate of drug-likeness (QED) is 0.927. The van der Waals surface area contributed by atoms with Gasteiger partial charge in [0.05, 0.1) is 14.2 Å². The summed E-state index contributed by atoms with van der Waals surface area (Å²) in [6, 6.07) is 10.4. The van der Waals surface area contributed by atoms with Crippen LogP contribution in [0.3, 0.4) is 0 Å². The maximum Gasteiger partial charge on any atom is 0.124 e. The molecular formula is C17H21NO2. The average molecular weight is 271 g/mol. The van der Waals surface area contributed by atoms with Crippen LogP contribution < -0.4 is 14.8 Å². The molecule has 1 unspecified atom stereocenters. The largest absolute Gasteiger partial charge is 0.497 e. The molecule has 1 N–H and O–H groups in total. The van der Waals surface area contributed by atoms with Crippen molar-refractivity contribution in [2.24, 2.45) is 0 Å². The van der Waals surface area contributed by atoms with Gasteiger partial charge in [0.1, 0.15) is 11.5 Å². The molecule has 0 saturated carbocycles. The fourth-order valence-corrected chi connectivity index (χ4v) is 3.25. The summed E-state index contributed by atoms with van der Waals surface area (Å²) < 4.78 is 11.0. The highest BCUT2D eigenvalue weighted by Gasteiger charge is 2.34. The normalized spacial score (nSPS) is 22.1. The number of fused-ring (bicyclic) bond motifs is 1. The lowest BCUT2D eigenvalue weighted by molar-refractivity contribution is 0.373. The van der Waals surface area contributed by atoms with Crippen molar-refractivity contribution in [3.8, 4) is 11.5 Å². The van der Waals surface area contributed by atoms with E-state index in [-0.39, 0.29) is 5.54 Å². The second-order valence-corrected chi connectivity index (χ2v) is 5.59. The minimum Gasteiger partial charge on any atom is -0.497 e. The Morgan fingerprint density at radius 3 is 2.55 bits per heavy atom. The number of nitrogens with one attached hydrogen (secondary N) is 1. The molecular weight excluding hydrogens is 250 g/mol. The van der Waals surface area contributed by atoms with Crippen LogP contribution in [-0.2, 0) is 5.54 Å². The Morgan fingerprint density at radius 1 is 1.10 bits per heavy atom. The Hall–Kier alpha value is -1.74. The van der Waals surface area contributed by atoms with Gasteiger partial charge in [0, 0.05) is 11.1 Å². The summed E-state index contributed by atoms with van der Waals surface area (Å²) in [5, 5.41) is 6.06. The number of hydrogen-bond donors (Lipinski definition) is 1. The van der Waals surface area contributed by atoms with E-state index in [0.29, 0.717) is 0 Å². The molecule has 1 saturated heterocycles. The van der Waals surface area contributed by atoms with Crippen molar-refractivity contribution < 1.29 is 9.47 Å². The van der Waals surface area contributed by atoms with Gasteiger partial charge in [-0.2, -0.15) is 0 Å². The van der Waals surface area contributed by atoms with Crippen molar-refractivity contribution >= 4 is 10.8 Å². The van der Waals surface area contributed by atoms with Crippen molar-refractivity contribution in [3.63, 3.8) is 0 Å². The molecule has 1 aliphatic rings. The van der Waals surface area contributed by atoms with Crippen molar-refractivity contribution in [1.82, 2.24) is 5.32 Å². The second-order valence-electron chi connectivity index (χ2n) is 5.59. The minimum absolute atomic E-state index is 0.0305. The van der Waals surface area contributed by atoms with Gasteiger partial charge in [-0.3, -0.25) is 0 Å². The van der Waals surface area contributed by atoms with Gasteiger partial charge in [0.25, 0.3) is 0 Å². The first-order valence-corrected chi connectivity index (χ1v) is 7.08. The van der Waals surface area contributed by atoms with Gasteiger partial charge in [-0.15, -0.1) is 0 Å². The Morgan fingerprint density at radius 2 is 1.90 bits per heavy atom. The highest BCUT2D eigenvalue weighted by molar-refractivity contribution is 5.90. The number of benzene rings is 2. The van der Waals surface area contributed by atoms with Crippen LogP contribution in [0.4, 0.5) is 0 Å². The first-order chi connectivity index (χ1) is 9.68. The molecule has 3 rings (SSSR count). The molecule has 106 valence electrons. The second kappa shape index (κ2) is 4.98. The van der Waals surface area contributed by atoms with Crippen LogP contribution in [0.2, 0.25) is 0 Å². The lowest BCUT2D eigenvalue weighted by Crippen LogP contribution is -2.33. The number of hydrogen-bond acceptors (Lipinski definition) is 3. The molecule has 2 aromatic rings. The smallest absolute Gasteiger partial charge is 0.124 e. The third kappa shape index (κ3) is 2.02. The lowest BCUT2D eigenvalue weighted by Gasteiger charge is -2.28. The van der Waals surface area contributed by atoms with Crippen molar-refractivity contribution in [1.29, 1.82) is 0 Å². The Bertz CT molecular complexity index is 625. The number of rotatable bonds is 3. The van der Waals surface area contributed by atoms with Gasteiger partial charge in [0.2, 0.25) is 0 Å². The zero-order chi connectivity index (χ0) is 14.2. The molecule has 3 nitrogen and oxygen atoms in total. The molecule has 2 aromatic carbocycles. The molecule has 20 heavy (non-hydrogen) atoms. The molecule has 0 aromatic heterocycles. The third-order valence-electron chi connectivity index (χ3n) is 4.33. The topological polar surface area (TPSA) is 30.5 Å². The van der Waals surface area contributed by atoms with Gasteiger partial charge in [-0.05, 0) is 55.3 Å². The van der Waals surface area contributed by atoms with Crippen LogP contribution in [0.5, 0.6) is 11.5 Å². The zero-order valence-corrected chi connectivity index (χ0v) is 12.3. The van der Waals surface area contributed by atoms with E-state index in [1.165, 1.54) is 22.8 Å². The van der Waals surface area contributed by atoms with E-state index in [1.807, 2.05) is 6.07 Å². The first-order valence-electron chi connectivity index (χ1n) is 7.08. The summed E-state index contributed by atoms with van der Waals surface area (Å²) in [6.45, 7) is 3.32. The lowest BCUT2D eigenvalue weighted by atomic mass is 9.86. The third-order valence-corrected chi connectivity index (χ3v) is 4.33. The van der Waals surface area contributed by atoms with E-state index in [9.17, 15) is 0 Å². The van der Waals surface area contributed by atoms with Crippen molar-refractivity contribution in [2.45, 2.75) is 25.3 Å². The molecule has 0 spiro atoms. The standard InChI is InChI=1S/C17H21NO2/c1-17(9-4-10-18-17)16-14-11-13(19-2)7-5-12(14)6-8-15(16)20-3/h5-8,11,18H,4,9-10H2,1-3H3. The molecule has 0 amide bonds. The van der Waals surface area contributed by atoms with Gasteiger partial charge < -0.3 is 14.8 Å². The van der Waals surface area contributed by atoms with Crippen molar-refractivity contribution in [2.75, 3.05) is 20.8 Å². The van der Waals surface area contributed by atoms with Gasteiger partial charge in [0.15, 0.2) is 0 Å². The van der Waals surface area contributed by atoms with Crippen LogP contribution in [0.25, 0.3) is 10.8 Å². The van der Waals surface area contributed by atoms with E-state index in [0.717, 1.165) is 24.5 Å². The van der Waals surface area contributed by atoms with Gasteiger partial charge in [-0.1, -0.05) is 12.1 Å². The van der Waals surface area contributed by atoms with Gasteiger partial charge in [-0.25, -0.2) is 0 Å². The molecule has 1 aliphatic heterocycles. The van der Waals surface area contributed by atoms with Crippen LogP contribution in [0, 0.1) is 0 Å². The maximum absolute atomic E-state index is 5.62. The molecule has 3 heteroatoms. The minimum atomic E-state index is -0.0305. The van der Waals surface area contributed by atoms with Crippen LogP contribution in [-0.4, -0.2) is 20.8 Å². The van der Waals surface area contributed by atoms with E-state index in [4.69, 9.17) is 9.47 Å². The fraction of sp³-hybridized carbons (Fsp3) is 0.412. The maximum atomic E-state index is 5.62. The monoisotopic (exact) mass is 271 g/mol. The Balaban J connectivity index is 2.29. The summed E-state index contributed by atoms with van der Waals surface area (Å²) in [6.07, 6.45) is 2.32. The summed E-state index contributed by atoms with van der Waals surface area (Å²) >= 11 is 0. The van der Waals surface area contributed by atoms with Crippen LogP contribution >= 0.6 is 0 Å². The first kappa shape index (κ1) is 13.3. The molecule has 1 heterocycles. The van der Waals surface area contributed by atoms with Crippen LogP contribution in [0.1, 0.15) is 25.3 Å². The van der Waals surface area contributed by atoms with E-state index in [2.05, 4.69) is 36.5 Å². The van der Waals surface area contributed by atoms with Crippen LogP contribution in [0.15, 0.2) is 30.3 Å². The van der Waals surface area contributed by atoms with Gasteiger partial charge >= 0.3 is 0 Å². The van der Waals surface area contributed by atoms with E-state index < -0.39 is 0 Å². The molecule has 1 atom stereocenters. The molecule has 0 radical (unpaired) electrons. The van der Waals surface area contributed by atoms with Crippen molar-refractivity contribution in [3.05, 3.63) is 35.9 Å². The van der Waals surface area contributed by atoms with E-state index >= 15 is 0 Å². The highest BCUT2D eigenvalue weighted by Crippen LogP contribution is 2.41. The Labute approximate surface area is 119 Å². The highest BCUT2D eigenvalue weighted by atomic mass is 16.5. The summed E-state index contributed by atoms with van der Waals surface area (Å²) in [4.78, 5) is 0. The summed E-state index contributed by atoms with van der Waals surface area (Å²) in [5.41, 5.74) is 1.21. The number of ether oxygens (including phenoxy) is 2. The molecule has 1 fully saturated rings. The predicted octanol–water partition coefficient (Wildman–Crippen LogP) is 3.46. The summed E-state index contributed by atoms with van der Waals surface area (Å²) in [7, 11) is 3.44. The average Bonchev–Trinajstić information content (AvgIpc) is 2.92. The van der Waals surface area contributed by atoms with E-state index in [1.54, 1.807) is 14.2 Å². The molecule has 0 aliphatic carbocycles. The number of methoxy groups -OCH3 is 2.